The zero-order chi connectivity index (χ0) is 24.6. The van der Waals surface area contributed by atoms with Crippen molar-refractivity contribution < 1.29 is 45.2 Å². The van der Waals surface area contributed by atoms with E-state index in [0.717, 1.165) is 25.3 Å². The summed E-state index contributed by atoms with van der Waals surface area (Å²) in [5, 5.41) is 11.3. The zero-order valence-corrected chi connectivity index (χ0v) is 16.9. The van der Waals surface area contributed by atoms with Gasteiger partial charge in [0.15, 0.2) is 0 Å². The number of nitrogens with one attached hydrogen (secondary N) is 1. The van der Waals surface area contributed by atoms with Crippen LogP contribution in [-0.2, 0) is 5.92 Å². The molecule has 0 aromatic heterocycles. The first-order chi connectivity index (χ1) is 14.6. The maximum atomic E-state index is 13.9. The van der Waals surface area contributed by atoms with Crippen molar-refractivity contribution >= 4 is 40.5 Å². The fourth-order valence-corrected chi connectivity index (χ4v) is 3.06. The van der Waals surface area contributed by atoms with Gasteiger partial charge in [0.2, 0.25) is 5.75 Å². The molecule has 0 fully saturated rings. The third kappa shape index (κ3) is 4.39. The lowest BCUT2D eigenvalue weighted by Crippen LogP contribution is -2.50. The first-order valence-corrected chi connectivity index (χ1v) is 8.76. The van der Waals surface area contributed by atoms with Crippen LogP contribution in [0.3, 0.4) is 0 Å². The van der Waals surface area contributed by atoms with Crippen molar-refractivity contribution in [3.05, 3.63) is 61.6 Å². The van der Waals surface area contributed by atoms with Gasteiger partial charge < -0.3 is 10.1 Å². The van der Waals surface area contributed by atoms with Crippen LogP contribution in [0.5, 0.6) is 5.75 Å². The molecule has 0 saturated carbocycles. The third-order valence-corrected chi connectivity index (χ3v) is 4.63. The molecule has 0 radical (unpaired) electrons. The Bertz CT molecular complexity index is 1050. The van der Waals surface area contributed by atoms with Gasteiger partial charge in [-0.15, -0.1) is 0 Å². The molecule has 2 aromatic rings. The van der Waals surface area contributed by atoms with Crippen molar-refractivity contribution in [3.63, 3.8) is 0 Å². The highest BCUT2D eigenvalue weighted by Crippen LogP contribution is 2.53. The summed E-state index contributed by atoms with van der Waals surface area (Å²) in [6.45, 7) is 0. The van der Waals surface area contributed by atoms with Crippen molar-refractivity contribution in [2.75, 3.05) is 12.4 Å². The molecule has 0 aliphatic carbocycles. The van der Waals surface area contributed by atoms with Crippen molar-refractivity contribution in [1.82, 2.24) is 0 Å². The zero-order valence-electron chi connectivity index (χ0n) is 15.4. The number of amides is 1. The maximum Gasteiger partial charge on any atom is 0.460 e. The van der Waals surface area contributed by atoms with E-state index in [1.165, 1.54) is 0 Å². The summed E-state index contributed by atoms with van der Waals surface area (Å²) < 4.78 is 96.4. The number of ether oxygens (including phenoxy) is 1. The second kappa shape index (κ2) is 8.62. The normalized spacial score (nSPS) is 12.4. The van der Waals surface area contributed by atoms with Crippen molar-refractivity contribution in [2.24, 2.45) is 0 Å². The van der Waals surface area contributed by atoms with Crippen molar-refractivity contribution in [2.45, 2.75) is 18.0 Å². The van der Waals surface area contributed by atoms with Gasteiger partial charge in [-0.3, -0.25) is 14.9 Å². The number of rotatable bonds is 6. The molecular weight excluding hydrogens is 500 g/mol. The molecule has 0 heterocycles. The first kappa shape index (κ1) is 25.5. The minimum absolute atomic E-state index is 0.0768. The Morgan fingerprint density at radius 3 is 2.03 bits per heavy atom. The standard InChI is InChI=1S/C17H9Cl2F7N2O4/c1-32-13-8(3-2-4-11(13)28(30)31)14(29)27-12-9(18)5-7(6-10(12)19)15(20,21)16(22,23)17(24,25)26/h2-6H,1H3,(H,27,29). The number of carbonyl (C=O) groups excluding carboxylic acids is 1. The Labute approximate surface area is 184 Å². The largest absolute Gasteiger partial charge is 0.490 e. The van der Waals surface area contributed by atoms with Gasteiger partial charge in [-0.2, -0.15) is 30.7 Å². The fraction of sp³-hybridized carbons (Fsp3) is 0.235. The Kier molecular flexibility index (Phi) is 6.86. The number of anilines is 1. The number of nitro groups is 1. The minimum atomic E-state index is -6.58. The van der Waals surface area contributed by atoms with Crippen LogP contribution in [0.1, 0.15) is 15.9 Å². The second-order valence-corrected chi connectivity index (χ2v) is 6.85. The molecule has 2 aromatic carbocycles. The van der Waals surface area contributed by atoms with E-state index in [9.17, 15) is 45.6 Å². The number of hydrogen-bond acceptors (Lipinski definition) is 4. The van der Waals surface area contributed by atoms with E-state index >= 15 is 0 Å². The van der Waals surface area contributed by atoms with E-state index < -0.39 is 67.1 Å². The molecule has 174 valence electrons. The lowest BCUT2D eigenvalue weighted by atomic mass is 10.0. The highest BCUT2D eigenvalue weighted by atomic mass is 35.5. The smallest absolute Gasteiger partial charge is 0.460 e. The molecule has 32 heavy (non-hydrogen) atoms. The van der Waals surface area contributed by atoms with E-state index in [1.807, 2.05) is 5.32 Å². The number of nitro benzene ring substituents is 1. The maximum absolute atomic E-state index is 13.9. The second-order valence-electron chi connectivity index (χ2n) is 6.03. The van der Waals surface area contributed by atoms with Crippen LogP contribution in [0.15, 0.2) is 30.3 Å². The molecule has 0 spiro atoms. The van der Waals surface area contributed by atoms with Crippen molar-refractivity contribution in [1.29, 1.82) is 0 Å². The van der Waals surface area contributed by atoms with E-state index in [2.05, 4.69) is 0 Å². The predicted molar refractivity (Wildman–Crippen MR) is 99.0 cm³/mol. The van der Waals surface area contributed by atoms with Crippen LogP contribution < -0.4 is 10.1 Å². The number of nitrogens with zero attached hydrogens (tertiary/aromatic N) is 1. The summed E-state index contributed by atoms with van der Waals surface area (Å²) in [7, 11) is 1.02. The topological polar surface area (TPSA) is 81.5 Å². The van der Waals surface area contributed by atoms with Crippen LogP contribution in [0.2, 0.25) is 10.0 Å². The van der Waals surface area contributed by atoms with Crippen LogP contribution in [0, 0.1) is 10.1 Å². The molecule has 0 aliphatic rings. The van der Waals surface area contributed by atoms with Gasteiger partial charge in [0.05, 0.1) is 33.3 Å². The highest BCUT2D eigenvalue weighted by Gasteiger charge is 2.73. The molecule has 1 amide bonds. The Morgan fingerprint density at radius 1 is 1.06 bits per heavy atom. The van der Waals surface area contributed by atoms with Crippen LogP contribution in [0.25, 0.3) is 0 Å². The number of para-hydroxylation sites is 1. The summed E-state index contributed by atoms with van der Waals surface area (Å²) in [4.78, 5) is 22.7. The van der Waals surface area contributed by atoms with Crippen LogP contribution in [-0.4, -0.2) is 30.0 Å². The Hall–Kier alpha value is -2.80. The molecule has 0 bridgehead atoms. The number of methoxy groups -OCH3 is 1. The number of carbonyl (C=O) groups is 1. The number of alkyl halides is 7. The fourth-order valence-electron chi connectivity index (χ4n) is 2.48. The molecule has 1 N–H and O–H groups in total. The van der Waals surface area contributed by atoms with Gasteiger partial charge in [0, 0.05) is 11.6 Å². The van der Waals surface area contributed by atoms with Gasteiger partial charge in [0.25, 0.3) is 5.91 Å². The number of halogens is 9. The number of benzene rings is 2. The summed E-state index contributed by atoms with van der Waals surface area (Å²) >= 11 is 11.4. The van der Waals surface area contributed by atoms with Crippen molar-refractivity contribution in [3.8, 4) is 5.75 Å². The first-order valence-electron chi connectivity index (χ1n) is 8.00. The quantitative estimate of drug-likeness (QED) is 0.276. The summed E-state index contributed by atoms with van der Waals surface area (Å²) in [6, 6.07) is 3.39. The predicted octanol–water partition coefficient (Wildman–Crippen LogP) is 6.45. The molecular formula is C17H9Cl2F7N2O4. The van der Waals surface area contributed by atoms with Crippen LogP contribution in [0.4, 0.5) is 42.1 Å². The van der Waals surface area contributed by atoms with Crippen LogP contribution >= 0.6 is 23.2 Å². The molecule has 2 rings (SSSR count). The van der Waals surface area contributed by atoms with Gasteiger partial charge in [-0.1, -0.05) is 29.3 Å². The average Bonchev–Trinajstić information content (AvgIpc) is 2.68. The Balaban J connectivity index is 2.48. The molecule has 0 atom stereocenters. The molecule has 0 aliphatic heterocycles. The average molecular weight is 509 g/mol. The minimum Gasteiger partial charge on any atom is -0.490 e. The van der Waals surface area contributed by atoms with E-state index in [-0.39, 0.29) is 12.1 Å². The summed E-state index contributed by atoms with van der Waals surface area (Å²) in [5.41, 5.74) is -3.49. The van der Waals surface area contributed by atoms with Gasteiger partial charge in [0.1, 0.15) is 0 Å². The van der Waals surface area contributed by atoms with E-state index in [0.29, 0.717) is 0 Å². The lowest BCUT2D eigenvalue weighted by Gasteiger charge is -2.29. The Morgan fingerprint density at radius 2 is 1.59 bits per heavy atom. The third-order valence-electron chi connectivity index (χ3n) is 4.03. The lowest BCUT2D eigenvalue weighted by molar-refractivity contribution is -0.385. The van der Waals surface area contributed by atoms with Gasteiger partial charge in [-0.05, 0) is 18.2 Å². The summed E-state index contributed by atoms with van der Waals surface area (Å²) in [5.74, 6) is -13.8. The molecule has 0 unspecified atom stereocenters. The molecule has 6 nitrogen and oxygen atoms in total. The van der Waals surface area contributed by atoms with E-state index in [1.54, 1.807) is 0 Å². The van der Waals surface area contributed by atoms with Gasteiger partial charge >= 0.3 is 23.7 Å². The monoisotopic (exact) mass is 508 g/mol. The van der Waals surface area contributed by atoms with Gasteiger partial charge in [-0.25, -0.2) is 0 Å². The summed E-state index contributed by atoms with van der Waals surface area (Å²) in [6.07, 6.45) is -6.58. The molecule has 0 saturated heterocycles. The highest BCUT2D eigenvalue weighted by molar-refractivity contribution is 6.40. The van der Waals surface area contributed by atoms with E-state index in [4.69, 9.17) is 27.9 Å². The number of hydrogen-bond donors (Lipinski definition) is 1. The molecule has 15 heteroatoms. The SMILES string of the molecule is COc1c(C(=O)Nc2c(Cl)cc(C(F)(F)C(F)(F)C(F)(F)F)cc2Cl)cccc1[N+](=O)[O-].